The first-order valence-electron chi connectivity index (χ1n) is 6.74. The van der Waals surface area contributed by atoms with Crippen molar-refractivity contribution in [2.45, 2.75) is 27.2 Å². The predicted molar refractivity (Wildman–Crippen MR) is 73.7 cm³/mol. The highest BCUT2D eigenvalue weighted by Crippen LogP contribution is 2.52. The van der Waals surface area contributed by atoms with Crippen molar-refractivity contribution in [2.24, 2.45) is 16.7 Å². The van der Waals surface area contributed by atoms with Gasteiger partial charge < -0.3 is 14.4 Å². The van der Waals surface area contributed by atoms with Gasteiger partial charge in [-0.2, -0.15) is 0 Å². The van der Waals surface area contributed by atoms with Gasteiger partial charge >= 0.3 is 6.09 Å². The second-order valence-corrected chi connectivity index (χ2v) is 6.43. The maximum absolute atomic E-state index is 12.4. The number of nitrogens with zero attached hydrogens (tertiary/aromatic N) is 2. The molecule has 2 aliphatic rings. The van der Waals surface area contributed by atoms with Crippen LogP contribution in [0.4, 0.5) is 4.79 Å². The van der Waals surface area contributed by atoms with Crippen molar-refractivity contribution < 1.29 is 14.3 Å². The summed E-state index contributed by atoms with van der Waals surface area (Å²) in [7, 11) is 1.37. The third-order valence-electron chi connectivity index (χ3n) is 4.72. The van der Waals surface area contributed by atoms with Gasteiger partial charge in [0.1, 0.15) is 0 Å². The fourth-order valence-corrected chi connectivity index (χ4v) is 3.78. The van der Waals surface area contributed by atoms with Crippen molar-refractivity contribution in [3.63, 3.8) is 0 Å². The molecule has 0 saturated carbocycles. The Morgan fingerprint density at radius 3 is 2.70 bits per heavy atom. The summed E-state index contributed by atoms with van der Waals surface area (Å²) in [4.78, 5) is 29.1. The Bertz CT molecular complexity index is 530. The lowest BCUT2D eigenvalue weighted by molar-refractivity contribution is -0.131. The molecule has 1 aliphatic heterocycles. The Hall–Kier alpha value is -1.83. The molecule has 108 valence electrons. The molecule has 0 N–H and O–H groups in total. The highest BCUT2D eigenvalue weighted by molar-refractivity contribution is 6.02. The van der Waals surface area contributed by atoms with E-state index in [0.29, 0.717) is 13.1 Å². The van der Waals surface area contributed by atoms with Crippen LogP contribution in [0.5, 0.6) is 0 Å². The Morgan fingerprint density at radius 1 is 1.50 bits per heavy atom. The van der Waals surface area contributed by atoms with Crippen molar-refractivity contribution >= 4 is 11.9 Å². The standard InChI is InChI=1S/C15H20N2O3/c1-14(2)11-6-7-17(13(19)20-5)9-15(11,3)8-10(16-4)12(14)18/h8,11H,6-7,9H2,1-3,5H3/t11-,15+/m1/s1. The number of hydrogen-bond acceptors (Lipinski definition) is 3. The lowest BCUT2D eigenvalue weighted by Crippen LogP contribution is -2.56. The van der Waals surface area contributed by atoms with Crippen molar-refractivity contribution in [1.29, 1.82) is 0 Å². The van der Waals surface area contributed by atoms with E-state index in [9.17, 15) is 9.59 Å². The van der Waals surface area contributed by atoms with Crippen molar-refractivity contribution in [1.82, 2.24) is 4.90 Å². The average molecular weight is 276 g/mol. The van der Waals surface area contributed by atoms with Gasteiger partial charge in [-0.3, -0.25) is 0 Å². The van der Waals surface area contributed by atoms with Crippen molar-refractivity contribution in [3.8, 4) is 0 Å². The first kappa shape index (κ1) is 14.6. The van der Waals surface area contributed by atoms with Gasteiger partial charge in [0.15, 0.2) is 5.78 Å². The minimum Gasteiger partial charge on any atom is -0.453 e. The van der Waals surface area contributed by atoms with Crippen LogP contribution >= 0.6 is 0 Å². The normalized spacial score (nSPS) is 31.9. The summed E-state index contributed by atoms with van der Waals surface area (Å²) < 4.78 is 4.78. The molecule has 0 spiro atoms. The van der Waals surface area contributed by atoms with Crippen LogP contribution in [0.2, 0.25) is 0 Å². The van der Waals surface area contributed by atoms with Crippen LogP contribution < -0.4 is 0 Å². The first-order chi connectivity index (χ1) is 9.26. The number of rotatable bonds is 0. The highest BCUT2D eigenvalue weighted by Gasteiger charge is 2.53. The van der Waals surface area contributed by atoms with Gasteiger partial charge in [-0.1, -0.05) is 26.8 Å². The van der Waals surface area contributed by atoms with Gasteiger partial charge in [-0.05, 0) is 17.8 Å². The van der Waals surface area contributed by atoms with Gasteiger partial charge in [0.05, 0.1) is 13.7 Å². The van der Waals surface area contributed by atoms with E-state index in [-0.39, 0.29) is 28.9 Å². The van der Waals surface area contributed by atoms with Gasteiger partial charge in [0, 0.05) is 18.5 Å². The highest BCUT2D eigenvalue weighted by atomic mass is 16.5. The number of carbonyl (C=O) groups is 2. The quantitative estimate of drug-likeness (QED) is 0.639. The Balaban J connectivity index is 2.42. The van der Waals surface area contributed by atoms with Gasteiger partial charge in [0.2, 0.25) is 5.70 Å². The molecule has 0 unspecified atom stereocenters. The second kappa shape index (κ2) is 4.62. The molecule has 2 rings (SSSR count). The molecule has 1 aliphatic carbocycles. The number of Topliss-reactive ketones (excluding diaryl/α,β-unsaturated/α-hetero) is 1. The van der Waals surface area contributed by atoms with Crippen LogP contribution in [0.15, 0.2) is 11.8 Å². The number of fused-ring (bicyclic) bond motifs is 1. The molecule has 5 heteroatoms. The summed E-state index contributed by atoms with van der Waals surface area (Å²) >= 11 is 0. The van der Waals surface area contributed by atoms with E-state index < -0.39 is 5.41 Å². The zero-order valence-corrected chi connectivity index (χ0v) is 12.4. The lowest BCUT2D eigenvalue weighted by atomic mass is 9.55. The minimum absolute atomic E-state index is 0.0820. The Labute approximate surface area is 119 Å². The summed E-state index contributed by atoms with van der Waals surface area (Å²) in [6.45, 7) is 14.1. The second-order valence-electron chi connectivity index (χ2n) is 6.43. The van der Waals surface area contributed by atoms with E-state index in [2.05, 4.69) is 4.85 Å². The lowest BCUT2D eigenvalue weighted by Gasteiger charge is -2.52. The molecule has 0 bridgehead atoms. The zero-order chi connectivity index (χ0) is 15.1. The number of amides is 1. The van der Waals surface area contributed by atoms with E-state index in [1.165, 1.54) is 7.11 Å². The molecule has 2 atom stereocenters. The number of allylic oxidation sites excluding steroid dienone is 1. The van der Waals surface area contributed by atoms with Crippen LogP contribution in [0.3, 0.4) is 0 Å². The SMILES string of the molecule is [C-]#[N+]C1=C[C@@]2(C)CN(C(=O)OC)CC[C@@H]2C(C)(C)C1=O. The molecule has 1 fully saturated rings. The van der Waals surface area contributed by atoms with E-state index in [1.54, 1.807) is 11.0 Å². The summed E-state index contributed by atoms with van der Waals surface area (Å²) in [6.07, 6.45) is 2.15. The van der Waals surface area contributed by atoms with E-state index >= 15 is 0 Å². The number of hydrogen-bond donors (Lipinski definition) is 0. The summed E-state index contributed by atoms with van der Waals surface area (Å²) in [6, 6.07) is 0. The monoisotopic (exact) mass is 276 g/mol. The third kappa shape index (κ3) is 2.00. The fourth-order valence-electron chi connectivity index (χ4n) is 3.78. The van der Waals surface area contributed by atoms with Gasteiger partial charge in [-0.25, -0.2) is 9.64 Å². The maximum Gasteiger partial charge on any atom is 0.409 e. The van der Waals surface area contributed by atoms with Crippen LogP contribution in [0, 0.1) is 23.3 Å². The maximum atomic E-state index is 12.4. The fraction of sp³-hybridized carbons (Fsp3) is 0.667. The molecule has 1 amide bonds. The van der Waals surface area contributed by atoms with Crippen LogP contribution in [-0.2, 0) is 9.53 Å². The molecule has 1 heterocycles. The molecular formula is C15H20N2O3. The van der Waals surface area contributed by atoms with E-state index in [0.717, 1.165) is 6.42 Å². The molecule has 20 heavy (non-hydrogen) atoms. The van der Waals surface area contributed by atoms with E-state index in [1.807, 2.05) is 20.8 Å². The van der Waals surface area contributed by atoms with E-state index in [4.69, 9.17) is 11.3 Å². The molecule has 1 saturated heterocycles. The van der Waals surface area contributed by atoms with Gasteiger partial charge in [0.25, 0.3) is 0 Å². The molecule has 5 nitrogen and oxygen atoms in total. The van der Waals surface area contributed by atoms with Crippen LogP contribution in [0.25, 0.3) is 4.85 Å². The van der Waals surface area contributed by atoms with Crippen molar-refractivity contribution in [2.75, 3.05) is 20.2 Å². The number of ketones is 1. The topological polar surface area (TPSA) is 51.0 Å². The summed E-state index contributed by atoms with van der Waals surface area (Å²) in [5, 5.41) is 0. The number of carbonyl (C=O) groups excluding carboxylic acids is 2. The van der Waals surface area contributed by atoms with Crippen molar-refractivity contribution in [3.05, 3.63) is 23.2 Å². The number of piperidine rings is 1. The Morgan fingerprint density at radius 2 is 2.15 bits per heavy atom. The minimum atomic E-state index is -0.564. The average Bonchev–Trinajstić information content (AvgIpc) is 2.41. The number of ether oxygens (including phenoxy) is 1. The summed E-state index contributed by atoms with van der Waals surface area (Å²) in [5.41, 5.74) is -0.726. The third-order valence-corrected chi connectivity index (χ3v) is 4.72. The number of likely N-dealkylation sites (tertiary alicyclic amines) is 1. The molecule has 0 aromatic carbocycles. The molecule has 0 aromatic heterocycles. The first-order valence-corrected chi connectivity index (χ1v) is 6.74. The molecule has 0 radical (unpaired) electrons. The summed E-state index contributed by atoms with van der Waals surface area (Å²) in [5.74, 6) is 0.0513. The van der Waals surface area contributed by atoms with Crippen LogP contribution in [0.1, 0.15) is 27.2 Å². The largest absolute Gasteiger partial charge is 0.453 e. The Kier molecular flexibility index (Phi) is 3.37. The predicted octanol–water partition coefficient (Wildman–Crippen LogP) is 2.49. The van der Waals surface area contributed by atoms with Crippen LogP contribution in [-0.4, -0.2) is 37.0 Å². The smallest absolute Gasteiger partial charge is 0.409 e. The molecule has 0 aromatic rings. The van der Waals surface area contributed by atoms with Gasteiger partial charge in [-0.15, -0.1) is 0 Å². The number of methoxy groups -OCH3 is 1. The zero-order valence-electron chi connectivity index (χ0n) is 12.4. The molecular weight excluding hydrogens is 256 g/mol.